The fourth-order valence-electron chi connectivity index (χ4n) is 2.06. The van der Waals surface area contributed by atoms with E-state index in [2.05, 4.69) is 30.1 Å². The lowest BCUT2D eigenvalue weighted by molar-refractivity contribution is 0.199. The van der Waals surface area contributed by atoms with Gasteiger partial charge in [0.2, 0.25) is 0 Å². The van der Waals surface area contributed by atoms with Gasteiger partial charge in [-0.15, -0.1) is 6.42 Å². The molecule has 1 aliphatic rings. The van der Waals surface area contributed by atoms with Crippen LogP contribution in [0.3, 0.4) is 0 Å². The summed E-state index contributed by atoms with van der Waals surface area (Å²) in [4.78, 5) is 2.21. The first-order chi connectivity index (χ1) is 6.16. The normalized spacial score (nSPS) is 28.8. The Hall–Kier alpha value is -0.520. The van der Waals surface area contributed by atoms with Crippen molar-refractivity contribution in [1.82, 2.24) is 10.2 Å². The highest BCUT2D eigenvalue weighted by molar-refractivity contribution is 4.93. The molecule has 2 heteroatoms. The van der Waals surface area contributed by atoms with Gasteiger partial charge >= 0.3 is 0 Å². The number of hydrogen-bond donors (Lipinski definition) is 1. The van der Waals surface area contributed by atoms with E-state index in [0.717, 1.165) is 19.6 Å². The van der Waals surface area contributed by atoms with E-state index in [9.17, 15) is 0 Å². The first-order valence-corrected chi connectivity index (χ1v) is 5.03. The average molecular weight is 180 g/mol. The second-order valence-electron chi connectivity index (χ2n) is 4.32. The summed E-state index contributed by atoms with van der Waals surface area (Å²) < 4.78 is 0. The van der Waals surface area contributed by atoms with E-state index in [1.807, 2.05) is 0 Å². The van der Waals surface area contributed by atoms with Gasteiger partial charge in [0, 0.05) is 12.1 Å². The molecule has 0 aromatic rings. The van der Waals surface area contributed by atoms with Crippen LogP contribution >= 0.6 is 0 Å². The standard InChI is InChI=1S/C11H20N2/c1-4-9-13(3)10-11(2)7-5-6-8-12-11/h1,12H,5-10H2,2-3H3. The van der Waals surface area contributed by atoms with E-state index in [-0.39, 0.29) is 5.54 Å². The Morgan fingerprint density at radius 1 is 1.54 bits per heavy atom. The van der Waals surface area contributed by atoms with E-state index >= 15 is 0 Å². The van der Waals surface area contributed by atoms with Crippen LogP contribution in [0.5, 0.6) is 0 Å². The number of piperidine rings is 1. The maximum Gasteiger partial charge on any atom is 0.0597 e. The van der Waals surface area contributed by atoms with Crippen LogP contribution in [-0.4, -0.2) is 37.1 Å². The number of hydrogen-bond acceptors (Lipinski definition) is 2. The molecule has 1 rings (SSSR count). The van der Waals surface area contributed by atoms with Crippen LogP contribution in [0.2, 0.25) is 0 Å². The van der Waals surface area contributed by atoms with Crippen molar-refractivity contribution in [3.63, 3.8) is 0 Å². The number of terminal acetylenes is 1. The van der Waals surface area contributed by atoms with Crippen LogP contribution in [0.25, 0.3) is 0 Å². The molecule has 1 N–H and O–H groups in total. The largest absolute Gasteiger partial charge is 0.310 e. The predicted octanol–water partition coefficient (Wildman–Crippen LogP) is 1.08. The molecule has 0 radical (unpaired) electrons. The quantitative estimate of drug-likeness (QED) is 0.654. The third-order valence-corrected chi connectivity index (χ3v) is 2.69. The molecular weight excluding hydrogens is 160 g/mol. The summed E-state index contributed by atoms with van der Waals surface area (Å²) >= 11 is 0. The highest BCUT2D eigenvalue weighted by Crippen LogP contribution is 2.19. The molecule has 0 aliphatic carbocycles. The Kier molecular flexibility index (Phi) is 3.77. The highest BCUT2D eigenvalue weighted by atomic mass is 15.1. The molecule has 0 bridgehead atoms. The molecule has 1 heterocycles. The van der Waals surface area contributed by atoms with E-state index in [1.54, 1.807) is 0 Å². The number of nitrogens with one attached hydrogen (secondary N) is 1. The van der Waals surface area contributed by atoms with Crippen LogP contribution in [-0.2, 0) is 0 Å². The van der Waals surface area contributed by atoms with Gasteiger partial charge in [0.25, 0.3) is 0 Å². The van der Waals surface area contributed by atoms with Crippen LogP contribution in [0.1, 0.15) is 26.2 Å². The van der Waals surface area contributed by atoms with Crippen molar-refractivity contribution >= 4 is 0 Å². The minimum Gasteiger partial charge on any atom is -0.310 e. The zero-order valence-electron chi connectivity index (χ0n) is 8.77. The van der Waals surface area contributed by atoms with Crippen LogP contribution in [0.15, 0.2) is 0 Å². The SMILES string of the molecule is C#CCN(C)CC1(C)CCCCN1. The molecule has 0 aromatic heterocycles. The van der Waals surface area contributed by atoms with Crippen LogP contribution < -0.4 is 5.32 Å². The van der Waals surface area contributed by atoms with Gasteiger partial charge in [-0.05, 0) is 33.4 Å². The van der Waals surface area contributed by atoms with Gasteiger partial charge in [0.15, 0.2) is 0 Å². The van der Waals surface area contributed by atoms with Crippen molar-refractivity contribution in [2.45, 2.75) is 31.7 Å². The number of rotatable bonds is 3. The van der Waals surface area contributed by atoms with Gasteiger partial charge in [-0.3, -0.25) is 4.90 Å². The highest BCUT2D eigenvalue weighted by Gasteiger charge is 2.26. The molecule has 0 saturated carbocycles. The fraction of sp³-hybridized carbons (Fsp3) is 0.818. The molecule has 1 atom stereocenters. The first kappa shape index (κ1) is 10.6. The molecule has 0 amide bonds. The monoisotopic (exact) mass is 180 g/mol. The Balaban J connectivity index is 2.36. The van der Waals surface area contributed by atoms with Crippen molar-refractivity contribution in [1.29, 1.82) is 0 Å². The molecule has 1 fully saturated rings. The third kappa shape index (κ3) is 3.38. The summed E-state index contributed by atoms with van der Waals surface area (Å²) in [6.07, 6.45) is 9.19. The molecule has 13 heavy (non-hydrogen) atoms. The molecule has 0 aromatic carbocycles. The summed E-state index contributed by atoms with van der Waals surface area (Å²) in [5, 5.41) is 3.57. The van der Waals surface area contributed by atoms with Gasteiger partial charge in [0.05, 0.1) is 6.54 Å². The topological polar surface area (TPSA) is 15.3 Å². The van der Waals surface area contributed by atoms with Gasteiger partial charge in [-0.1, -0.05) is 12.3 Å². The number of nitrogens with zero attached hydrogens (tertiary/aromatic N) is 1. The van der Waals surface area contributed by atoms with E-state index in [4.69, 9.17) is 6.42 Å². The maximum absolute atomic E-state index is 5.27. The smallest absolute Gasteiger partial charge is 0.0597 e. The lowest BCUT2D eigenvalue weighted by Crippen LogP contribution is -2.53. The summed E-state index contributed by atoms with van der Waals surface area (Å²) in [6, 6.07) is 0. The fourth-order valence-corrected chi connectivity index (χ4v) is 2.06. The summed E-state index contributed by atoms with van der Waals surface area (Å²) in [7, 11) is 2.08. The van der Waals surface area contributed by atoms with Crippen molar-refractivity contribution in [3.8, 4) is 12.3 Å². The average Bonchev–Trinajstić information content (AvgIpc) is 2.04. The van der Waals surface area contributed by atoms with E-state index < -0.39 is 0 Å². The summed E-state index contributed by atoms with van der Waals surface area (Å²) in [5.74, 6) is 2.67. The molecule has 1 aliphatic heterocycles. The summed E-state index contributed by atoms with van der Waals surface area (Å²) in [5.41, 5.74) is 0.282. The van der Waals surface area contributed by atoms with Crippen molar-refractivity contribution < 1.29 is 0 Å². The minimum absolute atomic E-state index is 0.282. The second-order valence-corrected chi connectivity index (χ2v) is 4.32. The minimum atomic E-state index is 0.282. The Morgan fingerprint density at radius 2 is 2.31 bits per heavy atom. The molecule has 74 valence electrons. The Morgan fingerprint density at radius 3 is 2.85 bits per heavy atom. The molecule has 1 unspecified atom stereocenters. The van der Waals surface area contributed by atoms with Gasteiger partial charge < -0.3 is 5.32 Å². The van der Waals surface area contributed by atoms with Gasteiger partial charge in [-0.2, -0.15) is 0 Å². The lowest BCUT2D eigenvalue weighted by Gasteiger charge is -2.37. The van der Waals surface area contributed by atoms with E-state index in [0.29, 0.717) is 0 Å². The van der Waals surface area contributed by atoms with Gasteiger partial charge in [-0.25, -0.2) is 0 Å². The maximum atomic E-state index is 5.27. The van der Waals surface area contributed by atoms with Crippen molar-refractivity contribution in [3.05, 3.63) is 0 Å². The molecule has 1 saturated heterocycles. The van der Waals surface area contributed by atoms with Gasteiger partial charge in [0.1, 0.15) is 0 Å². The molecule has 2 nitrogen and oxygen atoms in total. The second kappa shape index (κ2) is 4.64. The summed E-state index contributed by atoms with van der Waals surface area (Å²) in [6.45, 7) is 5.24. The molecular formula is C11H20N2. The van der Waals surface area contributed by atoms with Crippen molar-refractivity contribution in [2.75, 3.05) is 26.7 Å². The Labute approximate surface area is 81.7 Å². The van der Waals surface area contributed by atoms with E-state index in [1.165, 1.54) is 19.3 Å². The van der Waals surface area contributed by atoms with Crippen LogP contribution in [0, 0.1) is 12.3 Å². The zero-order valence-corrected chi connectivity index (χ0v) is 8.77. The Bertz CT molecular complexity index is 187. The van der Waals surface area contributed by atoms with Crippen molar-refractivity contribution in [2.24, 2.45) is 0 Å². The van der Waals surface area contributed by atoms with Crippen LogP contribution in [0.4, 0.5) is 0 Å². The predicted molar refractivity (Wildman–Crippen MR) is 56.6 cm³/mol. The lowest BCUT2D eigenvalue weighted by atomic mass is 9.90. The number of likely N-dealkylation sites (N-methyl/N-ethyl adjacent to an activating group) is 1. The molecule has 0 spiro atoms. The first-order valence-electron chi connectivity index (χ1n) is 5.03. The third-order valence-electron chi connectivity index (χ3n) is 2.69. The zero-order chi connectivity index (χ0) is 9.73.